The first-order valence-electron chi connectivity index (χ1n) is 11.9. The second-order valence-corrected chi connectivity index (χ2v) is 11.2. The number of carbonyl (C=O) groups is 3. The highest BCUT2D eigenvalue weighted by Gasteiger charge is 2.41. The molecule has 0 bridgehead atoms. The third kappa shape index (κ3) is 5.24. The Morgan fingerprint density at radius 3 is 2.36 bits per heavy atom. The highest BCUT2D eigenvalue weighted by atomic mass is 32.2. The lowest BCUT2D eigenvalue weighted by atomic mass is 9.99. The van der Waals surface area contributed by atoms with Crippen LogP contribution in [0.3, 0.4) is 0 Å². The van der Waals surface area contributed by atoms with Gasteiger partial charge < -0.3 is 15.1 Å². The molecule has 2 aliphatic rings. The quantitative estimate of drug-likeness (QED) is 0.530. The first-order chi connectivity index (χ1) is 18.4. The summed E-state index contributed by atoms with van der Waals surface area (Å²) in [6, 6.07) is 15.6. The fourth-order valence-electron chi connectivity index (χ4n) is 4.70. The normalized spacial score (nSPS) is 17.7. The summed E-state index contributed by atoms with van der Waals surface area (Å²) >= 11 is 0. The molecule has 8 nitrogen and oxygen atoms in total. The maximum Gasteiger partial charge on any atom is 0.416 e. The summed E-state index contributed by atoms with van der Waals surface area (Å²) in [6.45, 7) is -0.211. The van der Waals surface area contributed by atoms with Crippen molar-refractivity contribution in [2.45, 2.75) is 17.1 Å². The third-order valence-corrected chi connectivity index (χ3v) is 8.36. The molecule has 12 heteroatoms. The predicted molar refractivity (Wildman–Crippen MR) is 135 cm³/mol. The van der Waals surface area contributed by atoms with Crippen LogP contribution in [0.4, 0.5) is 18.9 Å². The minimum atomic E-state index is -4.53. The lowest BCUT2D eigenvalue weighted by Crippen LogP contribution is -2.60. The van der Waals surface area contributed by atoms with Gasteiger partial charge in [-0.3, -0.25) is 14.4 Å². The summed E-state index contributed by atoms with van der Waals surface area (Å²) in [7, 11) is -3.90. The number of nitrogens with one attached hydrogen (secondary N) is 1. The molecule has 2 heterocycles. The smallest absolute Gasteiger partial charge is 0.337 e. The zero-order valence-electron chi connectivity index (χ0n) is 20.3. The first-order valence-corrected chi connectivity index (χ1v) is 13.6. The van der Waals surface area contributed by atoms with E-state index in [2.05, 4.69) is 5.32 Å². The Hall–Kier alpha value is -4.19. The zero-order chi connectivity index (χ0) is 27.9. The number of rotatable bonds is 4. The molecule has 2 aliphatic heterocycles. The Labute approximate surface area is 221 Å². The highest BCUT2D eigenvalue weighted by Crippen LogP contribution is 2.34. The van der Waals surface area contributed by atoms with Crippen LogP contribution in [0.2, 0.25) is 0 Å². The first kappa shape index (κ1) is 26.4. The van der Waals surface area contributed by atoms with Gasteiger partial charge in [0.2, 0.25) is 11.8 Å². The largest absolute Gasteiger partial charge is 0.416 e. The van der Waals surface area contributed by atoms with E-state index >= 15 is 0 Å². The van der Waals surface area contributed by atoms with Crippen LogP contribution in [0, 0.1) is 0 Å². The summed E-state index contributed by atoms with van der Waals surface area (Å²) in [5.41, 5.74) is 0.0833. The average molecular weight is 558 g/mol. The van der Waals surface area contributed by atoms with Crippen molar-refractivity contribution in [2.75, 3.05) is 30.7 Å². The van der Waals surface area contributed by atoms with Gasteiger partial charge in [-0.15, -0.1) is 0 Å². The number of alkyl halides is 3. The van der Waals surface area contributed by atoms with Crippen molar-refractivity contribution in [3.63, 3.8) is 0 Å². The number of anilines is 1. The molecule has 3 aromatic rings. The summed E-state index contributed by atoms with van der Waals surface area (Å²) in [5.74, 6) is -2.55. The van der Waals surface area contributed by atoms with Crippen molar-refractivity contribution in [1.29, 1.82) is 0 Å². The van der Waals surface area contributed by atoms with Crippen LogP contribution < -0.4 is 5.32 Å². The third-order valence-electron chi connectivity index (χ3n) is 6.74. The zero-order valence-corrected chi connectivity index (χ0v) is 21.1. The molecule has 0 aromatic heterocycles. The Kier molecular flexibility index (Phi) is 6.67. The molecule has 1 atom stereocenters. The van der Waals surface area contributed by atoms with E-state index in [0.717, 1.165) is 12.1 Å². The SMILES string of the molecule is O=C1Nc2ccc(-c3cccc(C(F)(F)F)c3)cc2C(=O)N2CCN(C(=O)CS(=O)(=O)c3ccccc3)CC12. The Morgan fingerprint density at radius 2 is 1.64 bits per heavy atom. The van der Waals surface area contributed by atoms with Gasteiger partial charge in [0.05, 0.1) is 28.3 Å². The van der Waals surface area contributed by atoms with Gasteiger partial charge in [0.25, 0.3) is 5.91 Å². The van der Waals surface area contributed by atoms with Crippen LogP contribution in [0.15, 0.2) is 77.7 Å². The molecule has 202 valence electrons. The molecule has 0 saturated carbocycles. The number of halogens is 3. The van der Waals surface area contributed by atoms with E-state index in [0.29, 0.717) is 5.56 Å². The lowest BCUT2D eigenvalue weighted by molar-refractivity contribution is -0.137. The van der Waals surface area contributed by atoms with Crippen LogP contribution in [0.5, 0.6) is 0 Å². The molecule has 0 aliphatic carbocycles. The molecule has 39 heavy (non-hydrogen) atoms. The second-order valence-electron chi connectivity index (χ2n) is 9.25. The summed E-state index contributed by atoms with van der Waals surface area (Å²) in [6.07, 6.45) is -4.53. The van der Waals surface area contributed by atoms with Gasteiger partial charge in [0, 0.05) is 13.1 Å². The van der Waals surface area contributed by atoms with Gasteiger partial charge in [-0.05, 0) is 47.5 Å². The number of hydrogen-bond acceptors (Lipinski definition) is 5. The molecule has 1 fully saturated rings. The maximum atomic E-state index is 13.5. The molecular weight excluding hydrogens is 535 g/mol. The summed E-state index contributed by atoms with van der Waals surface area (Å²) in [5, 5.41) is 2.66. The van der Waals surface area contributed by atoms with Crippen LogP contribution in [-0.4, -0.2) is 67.4 Å². The Balaban J connectivity index is 1.37. The van der Waals surface area contributed by atoms with Crippen molar-refractivity contribution in [3.05, 3.63) is 83.9 Å². The number of piperazine rings is 1. The molecule has 0 radical (unpaired) electrons. The average Bonchev–Trinajstić information content (AvgIpc) is 3.02. The molecule has 5 rings (SSSR count). The Bertz CT molecular complexity index is 1570. The standard InChI is InChI=1S/C27H22F3N3O5S/c28-27(29,30)19-6-4-5-17(13-19)18-9-10-22-21(14-18)26(36)33-12-11-32(15-23(33)25(35)31-22)24(34)16-39(37,38)20-7-2-1-3-8-20/h1-10,13-14,23H,11-12,15-16H2,(H,31,35). The monoisotopic (exact) mass is 557 g/mol. The number of sulfone groups is 1. The second kappa shape index (κ2) is 9.84. The number of hydrogen-bond donors (Lipinski definition) is 1. The number of fused-ring (bicyclic) bond motifs is 2. The van der Waals surface area contributed by atoms with Gasteiger partial charge in [0.15, 0.2) is 9.84 Å². The van der Waals surface area contributed by atoms with E-state index in [-0.39, 0.29) is 41.3 Å². The summed E-state index contributed by atoms with van der Waals surface area (Å²) < 4.78 is 64.9. The number of carbonyl (C=O) groups excluding carboxylic acids is 3. The van der Waals surface area contributed by atoms with E-state index in [1.54, 1.807) is 18.2 Å². The molecule has 0 spiro atoms. The van der Waals surface area contributed by atoms with Crippen LogP contribution in [0.1, 0.15) is 15.9 Å². The van der Waals surface area contributed by atoms with E-state index in [4.69, 9.17) is 0 Å². The van der Waals surface area contributed by atoms with E-state index in [1.165, 1.54) is 52.3 Å². The van der Waals surface area contributed by atoms with Crippen molar-refractivity contribution < 1.29 is 36.0 Å². The highest BCUT2D eigenvalue weighted by molar-refractivity contribution is 7.92. The van der Waals surface area contributed by atoms with Gasteiger partial charge in [0.1, 0.15) is 11.8 Å². The summed E-state index contributed by atoms with van der Waals surface area (Å²) in [4.78, 5) is 42.0. The van der Waals surface area contributed by atoms with Crippen molar-refractivity contribution in [1.82, 2.24) is 9.80 Å². The Morgan fingerprint density at radius 1 is 0.923 bits per heavy atom. The van der Waals surface area contributed by atoms with Crippen molar-refractivity contribution in [3.8, 4) is 11.1 Å². The van der Waals surface area contributed by atoms with Gasteiger partial charge >= 0.3 is 6.18 Å². The molecule has 3 amide bonds. The fourth-order valence-corrected chi connectivity index (χ4v) is 5.94. The minimum Gasteiger partial charge on any atom is -0.337 e. The molecular formula is C27H22F3N3O5S. The van der Waals surface area contributed by atoms with E-state index in [9.17, 15) is 36.0 Å². The molecule has 1 saturated heterocycles. The minimum absolute atomic E-state index is 0.00592. The lowest BCUT2D eigenvalue weighted by Gasteiger charge is -2.39. The van der Waals surface area contributed by atoms with Crippen LogP contribution >= 0.6 is 0 Å². The van der Waals surface area contributed by atoms with Crippen LogP contribution in [-0.2, 0) is 25.6 Å². The molecule has 3 aromatic carbocycles. The molecule has 1 N–H and O–H groups in total. The fraction of sp³-hybridized carbons (Fsp3) is 0.222. The maximum absolute atomic E-state index is 13.5. The van der Waals surface area contributed by atoms with Gasteiger partial charge in [-0.2, -0.15) is 13.2 Å². The van der Waals surface area contributed by atoms with Gasteiger partial charge in [-0.25, -0.2) is 8.42 Å². The van der Waals surface area contributed by atoms with Crippen molar-refractivity contribution in [2.24, 2.45) is 0 Å². The predicted octanol–water partition coefficient (Wildman–Crippen LogP) is 3.45. The topological polar surface area (TPSA) is 104 Å². The number of amides is 3. The van der Waals surface area contributed by atoms with E-state index in [1.807, 2.05) is 0 Å². The van der Waals surface area contributed by atoms with Crippen molar-refractivity contribution >= 4 is 33.2 Å². The number of benzene rings is 3. The molecule has 1 unspecified atom stereocenters. The number of nitrogens with zero attached hydrogens (tertiary/aromatic N) is 2. The van der Waals surface area contributed by atoms with Crippen LogP contribution in [0.25, 0.3) is 11.1 Å². The van der Waals surface area contributed by atoms with Gasteiger partial charge in [-0.1, -0.05) is 36.4 Å². The van der Waals surface area contributed by atoms with E-state index < -0.39 is 51.1 Å².